The van der Waals surface area contributed by atoms with E-state index in [0.717, 1.165) is 18.8 Å². The van der Waals surface area contributed by atoms with E-state index in [2.05, 4.69) is 20.8 Å². The van der Waals surface area contributed by atoms with Crippen molar-refractivity contribution in [3.8, 4) is 0 Å². The summed E-state index contributed by atoms with van der Waals surface area (Å²) in [5.41, 5.74) is 0. The number of hydrogen-bond donors (Lipinski definition) is 1. The first-order valence-corrected chi connectivity index (χ1v) is 8.37. The van der Waals surface area contributed by atoms with Crippen LogP contribution in [0.4, 0.5) is 0 Å². The fourth-order valence-electron chi connectivity index (χ4n) is 2.30. The fraction of sp³-hybridized carbons (Fsp3) is 1.00. The van der Waals surface area contributed by atoms with Crippen molar-refractivity contribution in [2.75, 3.05) is 0 Å². The van der Waals surface area contributed by atoms with E-state index < -0.39 is 0 Å². The Morgan fingerprint density at radius 1 is 0.944 bits per heavy atom. The summed E-state index contributed by atoms with van der Waals surface area (Å²) in [6.45, 7) is 10.8. The summed E-state index contributed by atoms with van der Waals surface area (Å²) in [7, 11) is 0. The molecule has 4 fully saturated rings. The molecule has 0 saturated heterocycles. The monoisotopic (exact) mass is 256 g/mol. The molecule has 4 rings (SSSR count). The molecule has 110 valence electrons. The summed E-state index contributed by atoms with van der Waals surface area (Å²) < 4.78 is 0. The summed E-state index contributed by atoms with van der Waals surface area (Å²) in [6, 6.07) is 0. The zero-order chi connectivity index (χ0) is 14.0. The van der Waals surface area contributed by atoms with Gasteiger partial charge in [-0.05, 0) is 49.9 Å². The van der Waals surface area contributed by atoms with Crippen LogP contribution >= 0.6 is 0 Å². The van der Waals surface area contributed by atoms with Crippen LogP contribution in [-0.2, 0) is 0 Å². The molecule has 0 aromatic rings. The van der Waals surface area contributed by atoms with Crippen LogP contribution in [0.5, 0.6) is 0 Å². The highest BCUT2D eigenvalue weighted by atomic mass is 16.3. The lowest BCUT2D eigenvalue weighted by molar-refractivity contribution is -0.0673. The Labute approximate surface area is 115 Å². The highest BCUT2D eigenvalue weighted by molar-refractivity contribution is 4.98. The predicted octanol–water partition coefficient (Wildman–Crippen LogP) is 5.42. The SMILES string of the molecule is CC.CC1C2CC1C2.CCCCC.OC1CCC1. The fourth-order valence-corrected chi connectivity index (χ4v) is 2.30. The summed E-state index contributed by atoms with van der Waals surface area (Å²) in [5, 5.41) is 8.45. The van der Waals surface area contributed by atoms with Gasteiger partial charge in [-0.3, -0.25) is 0 Å². The molecule has 1 N–H and O–H groups in total. The number of unbranched alkanes of at least 4 members (excludes halogenated alkanes) is 2. The van der Waals surface area contributed by atoms with Gasteiger partial charge in [0.15, 0.2) is 0 Å². The third kappa shape index (κ3) is 6.22. The van der Waals surface area contributed by atoms with Gasteiger partial charge in [-0.25, -0.2) is 0 Å². The molecule has 0 unspecified atom stereocenters. The molecular weight excluding hydrogens is 220 g/mol. The van der Waals surface area contributed by atoms with Crippen molar-refractivity contribution in [3.63, 3.8) is 0 Å². The van der Waals surface area contributed by atoms with E-state index in [1.165, 1.54) is 37.5 Å². The standard InChI is InChI=1S/C6H10.C5H12.C4H8O.C2H6/c1-4-5-2-6(4)3-5;1-3-5-4-2;5-4-2-1-3-4;1-2/h4-6H,2-3H2,1H3;3-5H2,1-2H3;4-5H,1-3H2;1-2H3. The number of aliphatic hydroxyl groups is 1. The quantitative estimate of drug-likeness (QED) is 0.699. The molecule has 0 heterocycles. The molecule has 0 aromatic carbocycles. The van der Waals surface area contributed by atoms with Crippen LogP contribution in [0.25, 0.3) is 0 Å². The predicted molar refractivity (Wildman–Crippen MR) is 81.8 cm³/mol. The maximum Gasteiger partial charge on any atom is 0.0540 e. The number of aliphatic hydroxyl groups excluding tert-OH is 1. The average Bonchev–Trinajstić information content (AvgIpc) is 2.29. The van der Waals surface area contributed by atoms with Gasteiger partial charge in [0.1, 0.15) is 0 Å². The Morgan fingerprint density at radius 3 is 1.28 bits per heavy atom. The molecule has 0 aliphatic heterocycles. The van der Waals surface area contributed by atoms with Crippen molar-refractivity contribution in [2.45, 2.75) is 92.1 Å². The summed E-state index contributed by atoms with van der Waals surface area (Å²) in [5.74, 6) is 3.48. The molecule has 2 bridgehead atoms. The molecule has 4 saturated carbocycles. The van der Waals surface area contributed by atoms with E-state index in [0.29, 0.717) is 0 Å². The van der Waals surface area contributed by atoms with E-state index >= 15 is 0 Å². The Bertz CT molecular complexity index is 158. The van der Waals surface area contributed by atoms with Crippen LogP contribution < -0.4 is 0 Å². The van der Waals surface area contributed by atoms with Crippen LogP contribution in [0.1, 0.15) is 86.0 Å². The third-order valence-electron chi connectivity index (χ3n) is 4.48. The molecule has 1 nitrogen and oxygen atoms in total. The van der Waals surface area contributed by atoms with Crippen molar-refractivity contribution >= 4 is 0 Å². The summed E-state index contributed by atoms with van der Waals surface area (Å²) >= 11 is 0. The summed E-state index contributed by atoms with van der Waals surface area (Å²) in [4.78, 5) is 0. The van der Waals surface area contributed by atoms with Crippen molar-refractivity contribution in [1.82, 2.24) is 0 Å². The van der Waals surface area contributed by atoms with Crippen LogP contribution in [0.2, 0.25) is 0 Å². The molecule has 1 heteroatoms. The average molecular weight is 256 g/mol. The minimum Gasteiger partial charge on any atom is -0.393 e. The second kappa shape index (κ2) is 10.8. The normalized spacial score (nSPS) is 30.7. The lowest BCUT2D eigenvalue weighted by Crippen LogP contribution is -2.48. The maximum absolute atomic E-state index is 8.45. The first kappa shape index (κ1) is 18.0. The Balaban J connectivity index is 0.000000227. The van der Waals surface area contributed by atoms with Gasteiger partial charge in [-0.2, -0.15) is 0 Å². The van der Waals surface area contributed by atoms with E-state index in [1.54, 1.807) is 12.8 Å². The van der Waals surface area contributed by atoms with Crippen molar-refractivity contribution in [2.24, 2.45) is 17.8 Å². The number of rotatable bonds is 2. The van der Waals surface area contributed by atoms with E-state index in [1.807, 2.05) is 13.8 Å². The highest BCUT2D eigenvalue weighted by Gasteiger charge is 2.48. The van der Waals surface area contributed by atoms with Crippen molar-refractivity contribution in [3.05, 3.63) is 0 Å². The zero-order valence-corrected chi connectivity index (χ0v) is 13.4. The van der Waals surface area contributed by atoms with E-state index in [9.17, 15) is 0 Å². The van der Waals surface area contributed by atoms with Crippen LogP contribution in [0.15, 0.2) is 0 Å². The topological polar surface area (TPSA) is 20.2 Å². The van der Waals surface area contributed by atoms with Crippen LogP contribution in [-0.4, -0.2) is 11.2 Å². The van der Waals surface area contributed by atoms with Gasteiger partial charge in [0.05, 0.1) is 6.10 Å². The Morgan fingerprint density at radius 2 is 1.28 bits per heavy atom. The lowest BCUT2D eigenvalue weighted by Gasteiger charge is -2.56. The zero-order valence-electron chi connectivity index (χ0n) is 13.4. The highest BCUT2D eigenvalue weighted by Crippen LogP contribution is 2.57. The molecular formula is C17H36O. The molecule has 0 spiro atoms. The maximum atomic E-state index is 8.45. The van der Waals surface area contributed by atoms with Gasteiger partial charge in [0.25, 0.3) is 0 Å². The Kier molecular flexibility index (Phi) is 10.8. The molecule has 0 atom stereocenters. The second-order valence-corrected chi connectivity index (χ2v) is 5.79. The molecule has 0 aromatic heterocycles. The molecule has 4 aliphatic carbocycles. The van der Waals surface area contributed by atoms with Gasteiger partial charge >= 0.3 is 0 Å². The minimum atomic E-state index is 0.0648. The molecule has 18 heavy (non-hydrogen) atoms. The molecule has 0 amide bonds. The smallest absolute Gasteiger partial charge is 0.0540 e. The second-order valence-electron chi connectivity index (χ2n) is 5.79. The van der Waals surface area contributed by atoms with Crippen molar-refractivity contribution in [1.29, 1.82) is 0 Å². The number of hydrogen-bond acceptors (Lipinski definition) is 1. The van der Waals surface area contributed by atoms with Gasteiger partial charge in [0, 0.05) is 0 Å². The van der Waals surface area contributed by atoms with Gasteiger partial charge < -0.3 is 5.11 Å². The van der Waals surface area contributed by atoms with Gasteiger partial charge in [0.2, 0.25) is 0 Å². The van der Waals surface area contributed by atoms with Gasteiger partial charge in [-0.15, -0.1) is 0 Å². The largest absolute Gasteiger partial charge is 0.393 e. The molecule has 4 aliphatic rings. The minimum absolute atomic E-state index is 0.0648. The third-order valence-corrected chi connectivity index (χ3v) is 4.48. The van der Waals surface area contributed by atoms with E-state index in [4.69, 9.17) is 5.11 Å². The van der Waals surface area contributed by atoms with Crippen LogP contribution in [0, 0.1) is 17.8 Å². The lowest BCUT2D eigenvalue weighted by atomic mass is 9.49. The first-order valence-electron chi connectivity index (χ1n) is 8.37. The van der Waals surface area contributed by atoms with Gasteiger partial charge in [-0.1, -0.05) is 53.9 Å². The summed E-state index contributed by atoms with van der Waals surface area (Å²) in [6.07, 6.45) is 10.6. The van der Waals surface area contributed by atoms with Crippen LogP contribution in [0.3, 0.4) is 0 Å². The first-order chi connectivity index (χ1) is 8.69. The Hall–Kier alpha value is -0.0400. The van der Waals surface area contributed by atoms with E-state index in [-0.39, 0.29) is 6.10 Å². The molecule has 0 radical (unpaired) electrons. The van der Waals surface area contributed by atoms with Crippen molar-refractivity contribution < 1.29 is 5.11 Å².